The van der Waals surface area contributed by atoms with Crippen molar-refractivity contribution in [2.75, 3.05) is 19.8 Å². The third-order valence-corrected chi connectivity index (χ3v) is 8.04. The number of nitrogens with one attached hydrogen (secondary N) is 1. The second-order valence-electron chi connectivity index (χ2n) is 9.47. The molecule has 0 fully saturated rings. The van der Waals surface area contributed by atoms with Crippen LogP contribution in [0.4, 0.5) is 0 Å². The number of carbonyl (C=O) groups is 1. The van der Waals surface area contributed by atoms with E-state index in [0.29, 0.717) is 25.4 Å². The molecule has 1 unspecified atom stereocenters. The van der Waals surface area contributed by atoms with Gasteiger partial charge in [-0.05, 0) is 91.8 Å². The summed E-state index contributed by atoms with van der Waals surface area (Å²) in [5.74, 6) is 2.13. The molecule has 3 aromatic rings. The highest BCUT2D eigenvalue weighted by Gasteiger charge is 2.29. The summed E-state index contributed by atoms with van der Waals surface area (Å²) in [7, 11) is -1.66. The Hall–Kier alpha value is -3.62. The van der Waals surface area contributed by atoms with E-state index < -0.39 is 16.9 Å². The van der Waals surface area contributed by atoms with Crippen LogP contribution in [0.5, 0.6) is 23.0 Å². The van der Waals surface area contributed by atoms with Crippen molar-refractivity contribution in [1.29, 1.82) is 0 Å². The topological polar surface area (TPSA) is 94.1 Å². The van der Waals surface area contributed by atoms with Crippen LogP contribution < -0.4 is 14.2 Å². The second kappa shape index (κ2) is 11.0. The number of aromatic hydroxyl groups is 1. The minimum absolute atomic E-state index is 0.00858. The van der Waals surface area contributed by atoms with Gasteiger partial charge >= 0.3 is 0 Å². The average Bonchev–Trinajstić information content (AvgIpc) is 3.47. The zero-order valence-electron chi connectivity index (χ0n) is 21.7. The molecule has 0 saturated heterocycles. The molecule has 0 spiro atoms. The number of amides is 1. The molecule has 1 aliphatic carbocycles. The first-order valence-electron chi connectivity index (χ1n) is 12.7. The van der Waals surface area contributed by atoms with E-state index in [1.165, 1.54) is 11.6 Å². The average molecular weight is 534 g/mol. The van der Waals surface area contributed by atoms with Gasteiger partial charge in [-0.2, -0.15) is 0 Å². The molecule has 8 heteroatoms. The molecular formula is C30H31NO6S. The maximum absolute atomic E-state index is 12.1. The molecule has 0 saturated carbocycles. The standard InChI is InChI=1S/C30H31NO6S/c1-4-35-12-13-36-21-14-18(2)30(19(3)15-21)37-27-7-5-6-23-22(10-11-24(23)27)20-8-9-25(26(32)16-20)28-17-29(33)31-38(28)34/h5-9,14-17,22,32H,4,10-13H2,1-3H3,(H,31,33)/t22-,38?/m1/s1. The van der Waals surface area contributed by atoms with Crippen LogP contribution in [0.15, 0.2) is 54.6 Å². The van der Waals surface area contributed by atoms with Crippen molar-refractivity contribution in [1.82, 2.24) is 4.72 Å². The van der Waals surface area contributed by atoms with E-state index in [9.17, 15) is 14.1 Å². The molecule has 2 aliphatic rings. The van der Waals surface area contributed by atoms with E-state index in [0.717, 1.165) is 52.3 Å². The number of fused-ring (bicyclic) bond motifs is 1. The Labute approximate surface area is 225 Å². The van der Waals surface area contributed by atoms with E-state index in [-0.39, 0.29) is 16.6 Å². The van der Waals surface area contributed by atoms with Crippen molar-refractivity contribution < 1.29 is 28.3 Å². The summed E-state index contributed by atoms with van der Waals surface area (Å²) < 4.78 is 32.1. The molecule has 2 N–H and O–H groups in total. The first kappa shape index (κ1) is 26.0. The van der Waals surface area contributed by atoms with Crippen molar-refractivity contribution in [2.24, 2.45) is 0 Å². The quantitative estimate of drug-likeness (QED) is 0.356. The number of ether oxygens (including phenoxy) is 3. The van der Waals surface area contributed by atoms with E-state index in [1.807, 2.05) is 51.1 Å². The Morgan fingerprint density at radius 3 is 2.55 bits per heavy atom. The zero-order valence-corrected chi connectivity index (χ0v) is 22.5. The highest BCUT2D eigenvalue weighted by Crippen LogP contribution is 2.45. The Morgan fingerprint density at radius 2 is 1.87 bits per heavy atom. The third-order valence-electron chi connectivity index (χ3n) is 6.92. The van der Waals surface area contributed by atoms with Crippen molar-refractivity contribution >= 4 is 21.8 Å². The first-order chi connectivity index (χ1) is 18.4. The number of phenolic OH excluding ortho intramolecular Hbond substituents is 1. The van der Waals surface area contributed by atoms with Gasteiger partial charge in [0.15, 0.2) is 11.0 Å². The highest BCUT2D eigenvalue weighted by molar-refractivity contribution is 7.94. The predicted molar refractivity (Wildman–Crippen MR) is 147 cm³/mol. The number of rotatable bonds is 9. The number of aryl methyl sites for hydroxylation is 2. The molecular weight excluding hydrogens is 502 g/mol. The summed E-state index contributed by atoms with van der Waals surface area (Å²) in [6.45, 7) is 7.72. The summed E-state index contributed by atoms with van der Waals surface area (Å²) in [4.78, 5) is 11.9. The van der Waals surface area contributed by atoms with Gasteiger partial charge in [0, 0.05) is 24.2 Å². The van der Waals surface area contributed by atoms with Crippen molar-refractivity contribution in [3.63, 3.8) is 0 Å². The number of carbonyl (C=O) groups excluding carboxylic acids is 1. The maximum Gasteiger partial charge on any atom is 0.257 e. The van der Waals surface area contributed by atoms with Crippen LogP contribution in [-0.4, -0.2) is 35.0 Å². The van der Waals surface area contributed by atoms with Crippen LogP contribution in [0, 0.1) is 13.8 Å². The Morgan fingerprint density at radius 1 is 1.08 bits per heavy atom. The van der Waals surface area contributed by atoms with E-state index >= 15 is 0 Å². The van der Waals surface area contributed by atoms with E-state index in [4.69, 9.17) is 14.2 Å². The monoisotopic (exact) mass is 533 g/mol. The van der Waals surface area contributed by atoms with Gasteiger partial charge in [0.1, 0.15) is 29.6 Å². The van der Waals surface area contributed by atoms with Crippen molar-refractivity contribution in [2.45, 2.75) is 39.5 Å². The lowest BCUT2D eigenvalue weighted by atomic mass is 9.92. The second-order valence-corrected chi connectivity index (χ2v) is 10.7. The molecule has 0 aromatic heterocycles. The molecule has 198 valence electrons. The Bertz CT molecular complexity index is 1420. The van der Waals surface area contributed by atoms with Crippen LogP contribution >= 0.6 is 0 Å². The van der Waals surface area contributed by atoms with Gasteiger partial charge in [-0.15, -0.1) is 0 Å². The summed E-state index contributed by atoms with van der Waals surface area (Å²) >= 11 is 0. The van der Waals surface area contributed by atoms with Crippen LogP contribution in [-0.2, 0) is 26.9 Å². The summed E-state index contributed by atoms with van der Waals surface area (Å²) in [5.41, 5.74) is 5.68. The van der Waals surface area contributed by atoms with Crippen LogP contribution in [0.3, 0.4) is 0 Å². The minimum Gasteiger partial charge on any atom is -0.507 e. The van der Waals surface area contributed by atoms with Gasteiger partial charge in [-0.3, -0.25) is 9.52 Å². The number of hydrogen-bond acceptors (Lipinski definition) is 6. The highest BCUT2D eigenvalue weighted by atomic mass is 32.2. The summed E-state index contributed by atoms with van der Waals surface area (Å²) in [5, 5.41) is 10.7. The van der Waals surface area contributed by atoms with Gasteiger partial charge in [0.25, 0.3) is 5.91 Å². The van der Waals surface area contributed by atoms with Crippen LogP contribution in [0.2, 0.25) is 0 Å². The number of hydrogen-bond donors (Lipinski definition) is 2. The molecule has 1 aliphatic heterocycles. The minimum atomic E-state index is -1.66. The maximum atomic E-state index is 12.1. The Kier molecular flexibility index (Phi) is 7.53. The normalized spacial score (nSPS) is 18.2. The number of benzene rings is 3. The van der Waals surface area contributed by atoms with Gasteiger partial charge in [0.05, 0.1) is 11.5 Å². The molecule has 3 aromatic carbocycles. The van der Waals surface area contributed by atoms with E-state index in [2.05, 4.69) is 10.8 Å². The fraction of sp³-hybridized carbons (Fsp3) is 0.300. The largest absolute Gasteiger partial charge is 0.507 e. The van der Waals surface area contributed by atoms with Crippen molar-refractivity contribution in [3.8, 4) is 23.0 Å². The summed E-state index contributed by atoms with van der Waals surface area (Å²) in [6, 6.07) is 15.5. The van der Waals surface area contributed by atoms with Gasteiger partial charge < -0.3 is 19.3 Å². The molecule has 1 amide bonds. The van der Waals surface area contributed by atoms with Gasteiger partial charge in [-0.1, -0.05) is 18.2 Å². The molecule has 2 atom stereocenters. The fourth-order valence-electron chi connectivity index (χ4n) is 5.19. The molecule has 38 heavy (non-hydrogen) atoms. The van der Waals surface area contributed by atoms with Crippen molar-refractivity contribution in [3.05, 3.63) is 88.0 Å². The molecule has 5 rings (SSSR count). The summed E-state index contributed by atoms with van der Waals surface area (Å²) in [6.07, 6.45) is 3.00. The molecule has 7 nitrogen and oxygen atoms in total. The number of phenols is 1. The zero-order chi connectivity index (χ0) is 26.8. The van der Waals surface area contributed by atoms with Crippen LogP contribution in [0.1, 0.15) is 52.6 Å². The predicted octanol–water partition coefficient (Wildman–Crippen LogP) is 5.43. The smallest absolute Gasteiger partial charge is 0.257 e. The third kappa shape index (κ3) is 5.19. The lowest BCUT2D eigenvalue weighted by Gasteiger charge is -2.18. The molecule has 0 radical (unpaired) electrons. The fourth-order valence-corrected chi connectivity index (χ4v) is 6.13. The SMILES string of the molecule is CCOCCOc1cc(C)c(Oc2cccc3c2CC[C@@H]3c2ccc(C3=CC(=O)NS3=O)c(O)c2)c(C)c1. The molecule has 1 heterocycles. The van der Waals surface area contributed by atoms with Crippen LogP contribution in [0.25, 0.3) is 4.91 Å². The lowest BCUT2D eigenvalue weighted by Crippen LogP contribution is -2.16. The van der Waals surface area contributed by atoms with Gasteiger partial charge in [0.2, 0.25) is 0 Å². The lowest BCUT2D eigenvalue weighted by molar-refractivity contribution is -0.114. The van der Waals surface area contributed by atoms with E-state index in [1.54, 1.807) is 12.1 Å². The van der Waals surface area contributed by atoms with Gasteiger partial charge in [-0.25, -0.2) is 4.21 Å². The first-order valence-corrected chi connectivity index (χ1v) is 13.9. The molecule has 0 bridgehead atoms. The Balaban J connectivity index is 1.37.